The van der Waals surface area contributed by atoms with Crippen LogP contribution in [0.5, 0.6) is 0 Å². The van der Waals surface area contributed by atoms with Gasteiger partial charge in [-0.25, -0.2) is 0 Å². The Bertz CT molecular complexity index is 198. The van der Waals surface area contributed by atoms with Crippen LogP contribution in [0.15, 0.2) is 0 Å². The van der Waals surface area contributed by atoms with Gasteiger partial charge in [0.1, 0.15) is 0 Å². The first-order valence-corrected chi connectivity index (χ1v) is 5.57. The summed E-state index contributed by atoms with van der Waals surface area (Å²) in [6, 6.07) is 0. The molecule has 2 atom stereocenters. The minimum atomic E-state index is -0.667. The van der Waals surface area contributed by atoms with Crippen molar-refractivity contribution in [3.8, 4) is 0 Å². The number of carbonyl (C=O) groups is 1. The van der Waals surface area contributed by atoms with Crippen LogP contribution in [-0.4, -0.2) is 11.1 Å². The number of aliphatic carboxylic acids is 1. The zero-order chi connectivity index (χ0) is 10.7. The van der Waals surface area contributed by atoms with E-state index >= 15 is 0 Å². The molecule has 1 saturated carbocycles. The van der Waals surface area contributed by atoms with Crippen molar-refractivity contribution in [1.29, 1.82) is 0 Å². The Morgan fingerprint density at radius 3 is 2.64 bits per heavy atom. The lowest BCUT2D eigenvalue weighted by Gasteiger charge is -2.36. The molecule has 0 aromatic carbocycles. The van der Waals surface area contributed by atoms with Crippen LogP contribution in [0.25, 0.3) is 0 Å². The van der Waals surface area contributed by atoms with Crippen LogP contribution in [0.2, 0.25) is 0 Å². The minimum Gasteiger partial charge on any atom is -0.481 e. The van der Waals surface area contributed by atoms with E-state index in [0.717, 1.165) is 6.42 Å². The molecule has 0 aromatic heterocycles. The Hall–Kier alpha value is -0.530. The molecule has 2 nitrogen and oxygen atoms in total. The van der Waals surface area contributed by atoms with Crippen molar-refractivity contribution in [2.75, 3.05) is 0 Å². The molecular formula is C12H21O2. The van der Waals surface area contributed by atoms with Gasteiger partial charge in [0, 0.05) is 0 Å². The fraction of sp³-hybridized carbons (Fsp3) is 0.833. The summed E-state index contributed by atoms with van der Waals surface area (Å²) in [6.07, 6.45) is 3.75. The van der Waals surface area contributed by atoms with E-state index in [1.807, 2.05) is 0 Å². The maximum absolute atomic E-state index is 10.7. The van der Waals surface area contributed by atoms with Gasteiger partial charge in [-0.1, -0.05) is 27.2 Å². The Labute approximate surface area is 86.7 Å². The summed E-state index contributed by atoms with van der Waals surface area (Å²) in [4.78, 5) is 10.7. The first-order valence-electron chi connectivity index (χ1n) is 5.57. The molecule has 0 heterocycles. The normalized spacial score (nSPS) is 29.4. The van der Waals surface area contributed by atoms with Gasteiger partial charge in [0.25, 0.3) is 0 Å². The second kappa shape index (κ2) is 4.81. The van der Waals surface area contributed by atoms with Gasteiger partial charge in [0.15, 0.2) is 0 Å². The van der Waals surface area contributed by atoms with Crippen molar-refractivity contribution in [1.82, 2.24) is 0 Å². The molecule has 2 unspecified atom stereocenters. The molecule has 1 radical (unpaired) electrons. The van der Waals surface area contributed by atoms with E-state index in [4.69, 9.17) is 5.11 Å². The summed E-state index contributed by atoms with van der Waals surface area (Å²) in [5.41, 5.74) is 0. The van der Waals surface area contributed by atoms with E-state index in [1.54, 1.807) is 0 Å². The monoisotopic (exact) mass is 197 g/mol. The number of carboxylic acid groups (broad SMARTS) is 1. The number of rotatable bonds is 3. The van der Waals surface area contributed by atoms with Crippen LogP contribution in [0.1, 0.15) is 46.5 Å². The van der Waals surface area contributed by atoms with Crippen molar-refractivity contribution in [2.24, 2.45) is 17.8 Å². The lowest BCUT2D eigenvalue weighted by Crippen LogP contribution is -2.27. The van der Waals surface area contributed by atoms with E-state index in [-0.39, 0.29) is 6.42 Å². The zero-order valence-electron chi connectivity index (χ0n) is 9.42. The number of carboxylic acids is 1. The van der Waals surface area contributed by atoms with Gasteiger partial charge in [-0.15, -0.1) is 0 Å². The highest BCUT2D eigenvalue weighted by Crippen LogP contribution is 2.41. The molecule has 0 bridgehead atoms. The van der Waals surface area contributed by atoms with Gasteiger partial charge in [-0.3, -0.25) is 4.79 Å². The van der Waals surface area contributed by atoms with Crippen molar-refractivity contribution >= 4 is 5.97 Å². The van der Waals surface area contributed by atoms with Crippen molar-refractivity contribution in [3.63, 3.8) is 0 Å². The molecule has 81 valence electrons. The van der Waals surface area contributed by atoms with Gasteiger partial charge in [0.05, 0.1) is 6.42 Å². The molecule has 2 heteroatoms. The highest BCUT2D eigenvalue weighted by molar-refractivity contribution is 5.69. The maximum atomic E-state index is 10.7. The largest absolute Gasteiger partial charge is 0.481 e. The van der Waals surface area contributed by atoms with Crippen LogP contribution in [0.3, 0.4) is 0 Å². The summed E-state index contributed by atoms with van der Waals surface area (Å²) >= 11 is 0. The van der Waals surface area contributed by atoms with E-state index in [2.05, 4.69) is 20.8 Å². The third-order valence-electron chi connectivity index (χ3n) is 3.29. The van der Waals surface area contributed by atoms with Gasteiger partial charge >= 0.3 is 5.97 Å². The van der Waals surface area contributed by atoms with Crippen molar-refractivity contribution in [2.45, 2.75) is 46.5 Å². The van der Waals surface area contributed by atoms with E-state index < -0.39 is 5.97 Å². The summed E-state index contributed by atoms with van der Waals surface area (Å²) in [5, 5.41) is 8.83. The topological polar surface area (TPSA) is 37.3 Å². The molecule has 1 aliphatic rings. The first kappa shape index (κ1) is 11.5. The standard InChI is InChI=1S/C12H21O2/c1-8(2)11-5-4-9(3)6-10(11)7-12(13)14/h8-9,11H,4-7H2,1-3H3,(H,13,14). The van der Waals surface area contributed by atoms with Crippen LogP contribution in [-0.2, 0) is 4.79 Å². The third-order valence-corrected chi connectivity index (χ3v) is 3.29. The highest BCUT2D eigenvalue weighted by atomic mass is 16.4. The first-order chi connectivity index (χ1) is 6.50. The van der Waals surface area contributed by atoms with Gasteiger partial charge < -0.3 is 5.11 Å². The van der Waals surface area contributed by atoms with Gasteiger partial charge in [-0.05, 0) is 36.5 Å². The van der Waals surface area contributed by atoms with Crippen LogP contribution < -0.4 is 0 Å². The molecule has 0 spiro atoms. The van der Waals surface area contributed by atoms with Crippen LogP contribution in [0.4, 0.5) is 0 Å². The smallest absolute Gasteiger partial charge is 0.303 e. The van der Waals surface area contributed by atoms with E-state index in [0.29, 0.717) is 17.8 Å². The lowest BCUT2D eigenvalue weighted by molar-refractivity contribution is -0.137. The highest BCUT2D eigenvalue weighted by Gasteiger charge is 2.32. The van der Waals surface area contributed by atoms with Crippen LogP contribution in [0, 0.1) is 23.7 Å². The molecule has 14 heavy (non-hydrogen) atoms. The average molecular weight is 197 g/mol. The molecule has 1 N–H and O–H groups in total. The zero-order valence-corrected chi connectivity index (χ0v) is 9.42. The predicted molar refractivity (Wildman–Crippen MR) is 56.8 cm³/mol. The Morgan fingerprint density at radius 2 is 2.14 bits per heavy atom. The minimum absolute atomic E-state index is 0.285. The second-order valence-electron chi connectivity index (χ2n) is 4.97. The quantitative estimate of drug-likeness (QED) is 0.754. The maximum Gasteiger partial charge on any atom is 0.303 e. The summed E-state index contributed by atoms with van der Waals surface area (Å²) in [5.74, 6) is 2.42. The Morgan fingerprint density at radius 1 is 1.50 bits per heavy atom. The molecule has 0 amide bonds. The Balaban J connectivity index is 2.58. The molecular weight excluding hydrogens is 176 g/mol. The van der Waals surface area contributed by atoms with Gasteiger partial charge in [-0.2, -0.15) is 0 Å². The van der Waals surface area contributed by atoms with Crippen molar-refractivity contribution < 1.29 is 9.90 Å². The molecule has 0 aliphatic heterocycles. The summed E-state index contributed by atoms with van der Waals surface area (Å²) in [7, 11) is 0. The Kier molecular flexibility index (Phi) is 3.97. The number of hydrogen-bond donors (Lipinski definition) is 1. The fourth-order valence-corrected chi connectivity index (χ4v) is 2.57. The summed E-state index contributed by atoms with van der Waals surface area (Å²) in [6.45, 7) is 6.61. The van der Waals surface area contributed by atoms with Crippen LogP contribution >= 0.6 is 0 Å². The molecule has 0 aromatic rings. The second-order valence-corrected chi connectivity index (χ2v) is 4.97. The van der Waals surface area contributed by atoms with Crippen molar-refractivity contribution in [3.05, 3.63) is 5.92 Å². The molecule has 1 rings (SSSR count). The third kappa shape index (κ3) is 3.00. The molecule has 1 aliphatic carbocycles. The molecule has 1 fully saturated rings. The summed E-state index contributed by atoms with van der Waals surface area (Å²) < 4.78 is 0. The molecule has 0 saturated heterocycles. The van der Waals surface area contributed by atoms with E-state index in [1.165, 1.54) is 18.8 Å². The lowest BCUT2D eigenvalue weighted by atomic mass is 9.69. The fourth-order valence-electron chi connectivity index (χ4n) is 2.57. The number of hydrogen-bond acceptors (Lipinski definition) is 1. The predicted octanol–water partition coefficient (Wildman–Crippen LogP) is 3.13. The van der Waals surface area contributed by atoms with E-state index in [9.17, 15) is 4.79 Å². The average Bonchev–Trinajstić information content (AvgIpc) is 2.01. The van der Waals surface area contributed by atoms with Gasteiger partial charge in [0.2, 0.25) is 0 Å². The SMILES string of the molecule is CC1CCC(C(C)C)[C](CC(=O)O)C1.